The van der Waals surface area contributed by atoms with Crippen LogP contribution in [-0.2, 0) is 12.5 Å². The molecule has 6 nitrogen and oxygen atoms in total. The monoisotopic (exact) mass is 233 g/mol. The minimum atomic E-state index is -0.0379. The second-order valence-corrected chi connectivity index (χ2v) is 4.80. The maximum atomic E-state index is 5.39. The Morgan fingerprint density at radius 1 is 1.53 bits per heavy atom. The highest BCUT2D eigenvalue weighted by Crippen LogP contribution is 2.29. The molecule has 2 aromatic rings. The summed E-state index contributed by atoms with van der Waals surface area (Å²) in [5, 5.41) is 7.36. The molecule has 0 aliphatic carbocycles. The predicted octanol–water partition coefficient (Wildman–Crippen LogP) is 0.721. The molecule has 90 valence electrons. The van der Waals surface area contributed by atoms with Crippen molar-refractivity contribution in [3.8, 4) is 11.5 Å². The van der Waals surface area contributed by atoms with Crippen molar-refractivity contribution >= 4 is 0 Å². The van der Waals surface area contributed by atoms with E-state index in [9.17, 15) is 0 Å². The third kappa shape index (κ3) is 1.64. The molecule has 0 saturated carbocycles. The molecule has 3 heterocycles. The molecule has 1 fully saturated rings. The minimum absolute atomic E-state index is 0.0379. The van der Waals surface area contributed by atoms with Crippen LogP contribution in [0.4, 0.5) is 0 Å². The van der Waals surface area contributed by atoms with Crippen LogP contribution in [0.2, 0.25) is 0 Å². The Morgan fingerprint density at radius 2 is 2.41 bits per heavy atom. The molecule has 1 aliphatic rings. The van der Waals surface area contributed by atoms with Crippen molar-refractivity contribution in [2.75, 3.05) is 13.1 Å². The van der Waals surface area contributed by atoms with Gasteiger partial charge in [0.2, 0.25) is 11.7 Å². The fourth-order valence-electron chi connectivity index (χ4n) is 2.14. The number of rotatable bonds is 2. The lowest BCUT2D eigenvalue weighted by Crippen LogP contribution is -2.25. The lowest BCUT2D eigenvalue weighted by molar-refractivity contribution is 0.306. The molecule has 6 heteroatoms. The van der Waals surface area contributed by atoms with E-state index in [4.69, 9.17) is 4.52 Å². The van der Waals surface area contributed by atoms with Crippen LogP contribution in [0.3, 0.4) is 0 Å². The number of imidazole rings is 1. The molecular weight excluding hydrogens is 218 g/mol. The maximum Gasteiger partial charge on any atom is 0.234 e. The van der Waals surface area contributed by atoms with Gasteiger partial charge >= 0.3 is 0 Å². The van der Waals surface area contributed by atoms with Gasteiger partial charge in [-0.2, -0.15) is 4.98 Å². The van der Waals surface area contributed by atoms with Crippen LogP contribution in [0.25, 0.3) is 11.5 Å². The number of hydrogen-bond acceptors (Lipinski definition) is 5. The molecule has 17 heavy (non-hydrogen) atoms. The number of hydrogen-bond donors (Lipinski definition) is 1. The van der Waals surface area contributed by atoms with Gasteiger partial charge in [0.15, 0.2) is 0 Å². The molecule has 2 aromatic heterocycles. The quantitative estimate of drug-likeness (QED) is 0.827. The highest BCUT2D eigenvalue weighted by molar-refractivity contribution is 5.47. The third-order valence-corrected chi connectivity index (χ3v) is 3.36. The fourth-order valence-corrected chi connectivity index (χ4v) is 2.14. The van der Waals surface area contributed by atoms with Gasteiger partial charge in [-0.1, -0.05) is 5.16 Å². The van der Waals surface area contributed by atoms with Gasteiger partial charge in [0.05, 0.1) is 17.9 Å². The molecule has 1 unspecified atom stereocenters. The van der Waals surface area contributed by atoms with Gasteiger partial charge in [0.25, 0.3) is 0 Å². The minimum Gasteiger partial charge on any atom is -0.338 e. The van der Waals surface area contributed by atoms with E-state index < -0.39 is 0 Å². The number of nitrogens with zero attached hydrogens (tertiary/aromatic N) is 4. The standard InChI is InChI=1S/C11H15N5O/c1-11(3-4-12-6-11)10-14-9(15-17-10)8-5-13-7-16(8)2/h5,7,12H,3-4,6H2,1-2H3. The van der Waals surface area contributed by atoms with Crippen LogP contribution >= 0.6 is 0 Å². The lowest BCUT2D eigenvalue weighted by atomic mass is 9.90. The van der Waals surface area contributed by atoms with Gasteiger partial charge in [-0.15, -0.1) is 0 Å². The Labute approximate surface area is 99.0 Å². The van der Waals surface area contributed by atoms with Crippen molar-refractivity contribution in [1.82, 2.24) is 25.0 Å². The summed E-state index contributed by atoms with van der Waals surface area (Å²) in [4.78, 5) is 8.54. The van der Waals surface area contributed by atoms with E-state index in [1.54, 1.807) is 12.5 Å². The van der Waals surface area contributed by atoms with Gasteiger partial charge in [-0.3, -0.25) is 0 Å². The molecule has 0 spiro atoms. The van der Waals surface area contributed by atoms with Crippen molar-refractivity contribution in [3.05, 3.63) is 18.4 Å². The summed E-state index contributed by atoms with van der Waals surface area (Å²) in [6, 6.07) is 0. The molecule has 0 radical (unpaired) electrons. The SMILES string of the molecule is Cn1cncc1-c1noc(C2(C)CCNC2)n1. The first-order chi connectivity index (χ1) is 8.19. The van der Waals surface area contributed by atoms with Crippen molar-refractivity contribution in [1.29, 1.82) is 0 Å². The third-order valence-electron chi connectivity index (χ3n) is 3.36. The summed E-state index contributed by atoms with van der Waals surface area (Å²) in [5.41, 5.74) is 0.832. The predicted molar refractivity (Wildman–Crippen MR) is 61.3 cm³/mol. The van der Waals surface area contributed by atoms with E-state index in [2.05, 4.69) is 27.4 Å². The molecule has 0 aromatic carbocycles. The lowest BCUT2D eigenvalue weighted by Gasteiger charge is -2.15. The van der Waals surface area contributed by atoms with Crippen LogP contribution in [0.5, 0.6) is 0 Å². The van der Waals surface area contributed by atoms with Crippen molar-refractivity contribution in [2.24, 2.45) is 7.05 Å². The molecule has 1 atom stereocenters. The van der Waals surface area contributed by atoms with Gasteiger partial charge in [-0.05, 0) is 19.9 Å². The Hall–Kier alpha value is -1.69. The second kappa shape index (κ2) is 3.66. The Kier molecular flexibility index (Phi) is 2.25. The number of aromatic nitrogens is 4. The van der Waals surface area contributed by atoms with E-state index in [-0.39, 0.29) is 5.41 Å². The van der Waals surface area contributed by atoms with Crippen LogP contribution in [-0.4, -0.2) is 32.8 Å². The zero-order valence-corrected chi connectivity index (χ0v) is 9.97. The summed E-state index contributed by atoms with van der Waals surface area (Å²) in [6.07, 6.45) is 4.49. The van der Waals surface area contributed by atoms with Crippen molar-refractivity contribution < 1.29 is 4.52 Å². The van der Waals surface area contributed by atoms with Crippen molar-refractivity contribution in [3.63, 3.8) is 0 Å². The van der Waals surface area contributed by atoms with Crippen LogP contribution in [0.1, 0.15) is 19.2 Å². The Morgan fingerprint density at radius 3 is 3.06 bits per heavy atom. The van der Waals surface area contributed by atoms with Crippen LogP contribution in [0, 0.1) is 0 Å². The number of aryl methyl sites for hydroxylation is 1. The van der Waals surface area contributed by atoms with Crippen LogP contribution in [0.15, 0.2) is 17.0 Å². The summed E-state index contributed by atoms with van der Waals surface area (Å²) < 4.78 is 7.27. The molecule has 1 aliphatic heterocycles. The highest BCUT2D eigenvalue weighted by atomic mass is 16.5. The van der Waals surface area contributed by atoms with Gasteiger partial charge in [0, 0.05) is 13.6 Å². The molecule has 1 saturated heterocycles. The first kappa shape index (κ1) is 10.5. The molecule has 0 bridgehead atoms. The molecular formula is C11H15N5O. The molecule has 1 N–H and O–H groups in total. The zero-order chi connectivity index (χ0) is 11.9. The largest absolute Gasteiger partial charge is 0.338 e. The van der Waals surface area contributed by atoms with E-state index in [1.165, 1.54) is 0 Å². The van der Waals surface area contributed by atoms with E-state index in [0.29, 0.717) is 11.7 Å². The van der Waals surface area contributed by atoms with Crippen LogP contribution < -0.4 is 5.32 Å². The molecule has 3 rings (SSSR count). The molecule has 0 amide bonds. The summed E-state index contributed by atoms with van der Waals surface area (Å²) in [6.45, 7) is 4.04. The first-order valence-electron chi connectivity index (χ1n) is 5.71. The zero-order valence-electron chi connectivity index (χ0n) is 9.97. The first-order valence-corrected chi connectivity index (χ1v) is 5.71. The van der Waals surface area contributed by atoms with Gasteiger partial charge in [0.1, 0.15) is 5.69 Å². The normalized spacial score (nSPS) is 24.4. The maximum absolute atomic E-state index is 5.39. The topological polar surface area (TPSA) is 68.8 Å². The Bertz CT molecular complexity index is 523. The highest BCUT2D eigenvalue weighted by Gasteiger charge is 2.36. The summed E-state index contributed by atoms with van der Waals surface area (Å²) in [5.74, 6) is 1.31. The smallest absolute Gasteiger partial charge is 0.234 e. The summed E-state index contributed by atoms with van der Waals surface area (Å²) in [7, 11) is 1.91. The van der Waals surface area contributed by atoms with Gasteiger partial charge in [-0.25, -0.2) is 4.98 Å². The second-order valence-electron chi connectivity index (χ2n) is 4.80. The number of nitrogens with one attached hydrogen (secondary N) is 1. The van der Waals surface area contributed by atoms with E-state index in [1.807, 2.05) is 11.6 Å². The fraction of sp³-hybridized carbons (Fsp3) is 0.545. The Balaban J connectivity index is 1.96. The van der Waals surface area contributed by atoms with Crippen molar-refractivity contribution in [2.45, 2.75) is 18.8 Å². The van der Waals surface area contributed by atoms with E-state index in [0.717, 1.165) is 25.2 Å². The average Bonchev–Trinajstić information content (AvgIpc) is 2.97. The van der Waals surface area contributed by atoms with Gasteiger partial charge < -0.3 is 14.4 Å². The van der Waals surface area contributed by atoms with E-state index >= 15 is 0 Å². The average molecular weight is 233 g/mol. The summed E-state index contributed by atoms with van der Waals surface area (Å²) >= 11 is 0.